The summed E-state index contributed by atoms with van der Waals surface area (Å²) < 4.78 is 0. The average Bonchev–Trinajstić information content (AvgIpc) is 2.62. The highest BCUT2D eigenvalue weighted by Crippen LogP contribution is 2.17. The van der Waals surface area contributed by atoms with Crippen LogP contribution in [0, 0.1) is 13.8 Å². The lowest BCUT2D eigenvalue weighted by atomic mass is 10.1. The number of anilines is 1. The van der Waals surface area contributed by atoms with Crippen molar-refractivity contribution in [3.8, 4) is 0 Å². The highest BCUT2D eigenvalue weighted by molar-refractivity contribution is 5.92. The molecule has 0 aliphatic carbocycles. The molecule has 0 saturated carbocycles. The summed E-state index contributed by atoms with van der Waals surface area (Å²) in [5.74, 6) is 0.0914. The molecule has 3 heteroatoms. The summed E-state index contributed by atoms with van der Waals surface area (Å²) in [5, 5.41) is 2.99. The topological polar surface area (TPSA) is 32.3 Å². The molecule has 1 N–H and O–H groups in total. The molecule has 1 heterocycles. The van der Waals surface area contributed by atoms with E-state index in [9.17, 15) is 4.79 Å². The molecular weight excluding hydrogens is 224 g/mol. The van der Waals surface area contributed by atoms with Gasteiger partial charge in [0, 0.05) is 11.7 Å². The molecule has 0 unspecified atom stereocenters. The van der Waals surface area contributed by atoms with Crippen LogP contribution in [0.4, 0.5) is 5.69 Å². The Morgan fingerprint density at radius 1 is 1.33 bits per heavy atom. The van der Waals surface area contributed by atoms with Crippen LogP contribution in [0.3, 0.4) is 0 Å². The zero-order valence-electron chi connectivity index (χ0n) is 11.5. The van der Waals surface area contributed by atoms with E-state index in [1.807, 2.05) is 26.0 Å². The summed E-state index contributed by atoms with van der Waals surface area (Å²) in [7, 11) is 0. The number of rotatable bonds is 3. The van der Waals surface area contributed by atoms with Crippen LogP contribution in [-0.4, -0.2) is 29.9 Å². The fraction of sp³-hybridized carbons (Fsp3) is 0.533. The van der Waals surface area contributed by atoms with Crippen molar-refractivity contribution in [2.75, 3.05) is 18.4 Å². The summed E-state index contributed by atoms with van der Waals surface area (Å²) in [6, 6.07) is 6.67. The summed E-state index contributed by atoms with van der Waals surface area (Å²) in [6.07, 6.45) is 2.41. The maximum absolute atomic E-state index is 12.0. The van der Waals surface area contributed by atoms with Gasteiger partial charge in [0.1, 0.15) is 0 Å². The first kappa shape index (κ1) is 13.1. The fourth-order valence-electron chi connectivity index (χ4n) is 2.66. The van der Waals surface area contributed by atoms with Crippen LogP contribution in [-0.2, 0) is 4.79 Å². The van der Waals surface area contributed by atoms with Crippen molar-refractivity contribution in [2.45, 2.75) is 39.7 Å². The normalized spacial score (nSPS) is 20.1. The number of carbonyl (C=O) groups excluding carboxylic acids is 1. The minimum atomic E-state index is 0.0914. The van der Waals surface area contributed by atoms with Crippen molar-refractivity contribution in [3.63, 3.8) is 0 Å². The van der Waals surface area contributed by atoms with E-state index >= 15 is 0 Å². The first-order valence-corrected chi connectivity index (χ1v) is 6.67. The third kappa shape index (κ3) is 3.33. The van der Waals surface area contributed by atoms with Crippen LogP contribution in [0.5, 0.6) is 0 Å². The summed E-state index contributed by atoms with van der Waals surface area (Å²) in [4.78, 5) is 14.2. The second-order valence-corrected chi connectivity index (χ2v) is 5.39. The van der Waals surface area contributed by atoms with Gasteiger partial charge in [0.05, 0.1) is 6.54 Å². The van der Waals surface area contributed by atoms with Crippen LogP contribution in [0.2, 0.25) is 0 Å². The minimum Gasteiger partial charge on any atom is -0.325 e. The van der Waals surface area contributed by atoms with E-state index in [2.05, 4.69) is 23.2 Å². The molecule has 1 fully saturated rings. The lowest BCUT2D eigenvalue weighted by Crippen LogP contribution is -2.35. The predicted molar refractivity (Wildman–Crippen MR) is 74.8 cm³/mol. The predicted octanol–water partition coefficient (Wildman–Crippen LogP) is 2.73. The molecule has 1 aromatic carbocycles. The molecule has 3 nitrogen and oxygen atoms in total. The molecule has 1 saturated heterocycles. The Hall–Kier alpha value is -1.35. The Balaban J connectivity index is 1.94. The molecule has 0 bridgehead atoms. The minimum absolute atomic E-state index is 0.0914. The average molecular weight is 246 g/mol. The Morgan fingerprint density at radius 3 is 2.56 bits per heavy atom. The number of carbonyl (C=O) groups is 1. The molecule has 0 radical (unpaired) electrons. The fourth-order valence-corrected chi connectivity index (χ4v) is 2.66. The maximum atomic E-state index is 12.0. The summed E-state index contributed by atoms with van der Waals surface area (Å²) in [6.45, 7) is 7.84. The first-order chi connectivity index (χ1) is 8.54. The number of hydrogen-bond donors (Lipinski definition) is 1. The molecule has 1 amide bonds. The van der Waals surface area contributed by atoms with Crippen LogP contribution in [0.1, 0.15) is 30.9 Å². The van der Waals surface area contributed by atoms with Crippen LogP contribution < -0.4 is 5.32 Å². The lowest BCUT2D eigenvalue weighted by Gasteiger charge is -2.20. The van der Waals surface area contributed by atoms with Crippen molar-refractivity contribution in [2.24, 2.45) is 0 Å². The van der Waals surface area contributed by atoms with E-state index in [-0.39, 0.29) is 5.91 Å². The van der Waals surface area contributed by atoms with Gasteiger partial charge in [0.15, 0.2) is 0 Å². The van der Waals surface area contributed by atoms with E-state index in [0.717, 1.165) is 12.2 Å². The Bertz CT molecular complexity index is 422. The summed E-state index contributed by atoms with van der Waals surface area (Å²) >= 11 is 0. The number of nitrogens with zero attached hydrogens (tertiary/aromatic N) is 1. The SMILES string of the molecule is Cc1cc(C)cc(NC(=O)CN2CCC[C@H]2C)c1. The molecule has 0 spiro atoms. The summed E-state index contributed by atoms with van der Waals surface area (Å²) in [5.41, 5.74) is 3.27. The van der Waals surface area contributed by atoms with Crippen molar-refractivity contribution >= 4 is 11.6 Å². The highest BCUT2D eigenvalue weighted by Gasteiger charge is 2.22. The number of benzene rings is 1. The molecule has 98 valence electrons. The van der Waals surface area contributed by atoms with Gasteiger partial charge in [-0.25, -0.2) is 0 Å². The van der Waals surface area contributed by atoms with Gasteiger partial charge in [-0.15, -0.1) is 0 Å². The van der Waals surface area contributed by atoms with Crippen molar-refractivity contribution in [1.82, 2.24) is 4.90 Å². The Morgan fingerprint density at radius 2 is 2.00 bits per heavy atom. The molecule has 0 aromatic heterocycles. The Labute approximate surface area is 109 Å². The van der Waals surface area contributed by atoms with Crippen LogP contribution >= 0.6 is 0 Å². The molecule has 1 aromatic rings. The number of amides is 1. The van der Waals surface area contributed by atoms with Crippen LogP contribution in [0.15, 0.2) is 18.2 Å². The maximum Gasteiger partial charge on any atom is 0.238 e. The second-order valence-electron chi connectivity index (χ2n) is 5.39. The van der Waals surface area contributed by atoms with Gasteiger partial charge in [0.2, 0.25) is 5.91 Å². The van der Waals surface area contributed by atoms with E-state index in [1.165, 1.54) is 24.0 Å². The highest BCUT2D eigenvalue weighted by atomic mass is 16.2. The standard InChI is InChI=1S/C15H22N2O/c1-11-7-12(2)9-14(8-11)16-15(18)10-17-6-4-5-13(17)3/h7-9,13H,4-6,10H2,1-3H3,(H,16,18)/t13-/m1/s1. The van der Waals surface area contributed by atoms with Gasteiger partial charge in [-0.2, -0.15) is 0 Å². The monoisotopic (exact) mass is 246 g/mol. The molecule has 1 aliphatic rings. The van der Waals surface area contributed by atoms with Gasteiger partial charge in [-0.05, 0) is 63.4 Å². The third-order valence-corrected chi connectivity index (χ3v) is 3.54. The van der Waals surface area contributed by atoms with Gasteiger partial charge in [-0.3, -0.25) is 9.69 Å². The lowest BCUT2D eigenvalue weighted by molar-refractivity contribution is -0.117. The van der Waals surface area contributed by atoms with Crippen molar-refractivity contribution in [3.05, 3.63) is 29.3 Å². The number of nitrogens with one attached hydrogen (secondary N) is 1. The third-order valence-electron chi connectivity index (χ3n) is 3.54. The Kier molecular flexibility index (Phi) is 4.02. The van der Waals surface area contributed by atoms with Crippen molar-refractivity contribution < 1.29 is 4.79 Å². The number of aryl methyl sites for hydroxylation is 2. The largest absolute Gasteiger partial charge is 0.325 e. The molecule has 1 atom stereocenters. The van der Waals surface area contributed by atoms with E-state index < -0.39 is 0 Å². The number of likely N-dealkylation sites (tertiary alicyclic amines) is 1. The smallest absolute Gasteiger partial charge is 0.238 e. The van der Waals surface area contributed by atoms with Gasteiger partial charge < -0.3 is 5.32 Å². The molecule has 1 aliphatic heterocycles. The van der Waals surface area contributed by atoms with Gasteiger partial charge >= 0.3 is 0 Å². The van der Waals surface area contributed by atoms with E-state index in [0.29, 0.717) is 12.6 Å². The van der Waals surface area contributed by atoms with E-state index in [1.54, 1.807) is 0 Å². The quantitative estimate of drug-likeness (QED) is 0.889. The second kappa shape index (κ2) is 5.53. The van der Waals surface area contributed by atoms with Crippen molar-refractivity contribution in [1.29, 1.82) is 0 Å². The van der Waals surface area contributed by atoms with Gasteiger partial charge in [-0.1, -0.05) is 6.07 Å². The zero-order chi connectivity index (χ0) is 13.1. The van der Waals surface area contributed by atoms with Gasteiger partial charge in [0.25, 0.3) is 0 Å². The van der Waals surface area contributed by atoms with E-state index in [4.69, 9.17) is 0 Å². The number of hydrogen-bond acceptors (Lipinski definition) is 2. The molecular formula is C15H22N2O. The molecule has 18 heavy (non-hydrogen) atoms. The zero-order valence-corrected chi connectivity index (χ0v) is 11.5. The first-order valence-electron chi connectivity index (χ1n) is 6.67. The van der Waals surface area contributed by atoms with Crippen LogP contribution in [0.25, 0.3) is 0 Å². The molecule has 2 rings (SSSR count).